The number of benzene rings is 1. The van der Waals surface area contributed by atoms with Crippen LogP contribution in [-0.4, -0.2) is 71.8 Å². The number of hydrogen-bond acceptors (Lipinski definition) is 3. The van der Waals surface area contributed by atoms with Crippen LogP contribution in [0.4, 0.5) is 8.78 Å². The number of halogens is 2. The Morgan fingerprint density at radius 1 is 1.13 bits per heavy atom. The summed E-state index contributed by atoms with van der Waals surface area (Å²) in [5.74, 6) is -2.00. The molecule has 7 heteroatoms. The normalized spacial score (nSPS) is 20.0. The first-order chi connectivity index (χ1) is 14.4. The fourth-order valence-electron chi connectivity index (χ4n) is 4.50. The Labute approximate surface area is 178 Å². The SMILES string of the molecule is CC(C)C(=O)N(CCCN1CCCC1)C1CCCN(C(=O)c2ccc(F)cc2F)C1. The Morgan fingerprint density at radius 2 is 1.87 bits per heavy atom. The zero-order valence-electron chi connectivity index (χ0n) is 18.1. The summed E-state index contributed by atoms with van der Waals surface area (Å²) < 4.78 is 27.3. The van der Waals surface area contributed by atoms with E-state index in [0.29, 0.717) is 19.6 Å². The summed E-state index contributed by atoms with van der Waals surface area (Å²) in [5.41, 5.74) is -0.118. The minimum atomic E-state index is -0.845. The van der Waals surface area contributed by atoms with E-state index in [1.54, 1.807) is 4.90 Å². The van der Waals surface area contributed by atoms with Gasteiger partial charge in [-0.1, -0.05) is 13.8 Å². The van der Waals surface area contributed by atoms with E-state index >= 15 is 0 Å². The Kier molecular flexibility index (Phi) is 7.81. The first-order valence-corrected chi connectivity index (χ1v) is 11.1. The van der Waals surface area contributed by atoms with Gasteiger partial charge >= 0.3 is 0 Å². The van der Waals surface area contributed by atoms with Gasteiger partial charge in [0, 0.05) is 37.7 Å². The molecule has 0 aliphatic carbocycles. The van der Waals surface area contributed by atoms with Crippen LogP contribution in [-0.2, 0) is 4.79 Å². The molecule has 1 aromatic rings. The van der Waals surface area contributed by atoms with Crippen LogP contribution < -0.4 is 0 Å². The van der Waals surface area contributed by atoms with Gasteiger partial charge in [-0.05, 0) is 63.9 Å². The Bertz CT molecular complexity index is 750. The number of carbonyl (C=O) groups excluding carboxylic acids is 2. The van der Waals surface area contributed by atoms with E-state index in [2.05, 4.69) is 4.90 Å². The van der Waals surface area contributed by atoms with Gasteiger partial charge in [-0.3, -0.25) is 9.59 Å². The summed E-state index contributed by atoms with van der Waals surface area (Å²) in [5, 5.41) is 0. The van der Waals surface area contributed by atoms with Gasteiger partial charge in [0.15, 0.2) is 0 Å². The van der Waals surface area contributed by atoms with E-state index in [9.17, 15) is 18.4 Å². The maximum Gasteiger partial charge on any atom is 0.256 e. The van der Waals surface area contributed by atoms with Gasteiger partial charge in [-0.2, -0.15) is 0 Å². The van der Waals surface area contributed by atoms with E-state index in [-0.39, 0.29) is 23.4 Å². The van der Waals surface area contributed by atoms with E-state index in [1.165, 1.54) is 18.9 Å². The molecule has 3 rings (SSSR count). The highest BCUT2D eigenvalue weighted by Crippen LogP contribution is 2.22. The predicted octanol–water partition coefficient (Wildman–Crippen LogP) is 3.54. The third-order valence-corrected chi connectivity index (χ3v) is 6.14. The highest BCUT2D eigenvalue weighted by atomic mass is 19.1. The summed E-state index contributed by atoms with van der Waals surface area (Å²) >= 11 is 0. The molecular formula is C23H33F2N3O2. The number of piperidine rings is 1. The van der Waals surface area contributed by atoms with Crippen LogP contribution in [0.1, 0.15) is 56.3 Å². The molecule has 0 aromatic heterocycles. The summed E-state index contributed by atoms with van der Waals surface area (Å²) in [4.78, 5) is 31.7. The van der Waals surface area contributed by atoms with E-state index in [0.717, 1.165) is 51.0 Å². The lowest BCUT2D eigenvalue weighted by Crippen LogP contribution is -2.53. The quantitative estimate of drug-likeness (QED) is 0.676. The molecule has 0 saturated carbocycles. The third-order valence-electron chi connectivity index (χ3n) is 6.14. The lowest BCUT2D eigenvalue weighted by molar-refractivity contribution is -0.138. The van der Waals surface area contributed by atoms with Crippen molar-refractivity contribution in [1.29, 1.82) is 0 Å². The smallest absolute Gasteiger partial charge is 0.256 e. The Balaban J connectivity index is 1.66. The van der Waals surface area contributed by atoms with Crippen molar-refractivity contribution in [2.24, 2.45) is 5.92 Å². The lowest BCUT2D eigenvalue weighted by Gasteiger charge is -2.40. The highest BCUT2D eigenvalue weighted by molar-refractivity contribution is 5.94. The van der Waals surface area contributed by atoms with Gasteiger partial charge in [0.05, 0.1) is 5.56 Å². The van der Waals surface area contributed by atoms with Crippen molar-refractivity contribution < 1.29 is 18.4 Å². The average molecular weight is 422 g/mol. The van der Waals surface area contributed by atoms with Crippen LogP contribution >= 0.6 is 0 Å². The standard InChI is InChI=1S/C23H33F2N3O2/c1-17(2)22(29)28(14-6-12-26-10-3-4-11-26)19-7-5-13-27(16-19)23(30)20-9-8-18(24)15-21(20)25/h8-9,15,17,19H,3-7,10-14,16H2,1-2H3. The number of carbonyl (C=O) groups is 2. The van der Waals surface area contributed by atoms with E-state index < -0.39 is 17.5 Å². The Hall–Kier alpha value is -2.02. The molecule has 2 fully saturated rings. The molecule has 1 atom stereocenters. The topological polar surface area (TPSA) is 43.9 Å². The second-order valence-electron chi connectivity index (χ2n) is 8.76. The summed E-state index contributed by atoms with van der Waals surface area (Å²) in [7, 11) is 0. The first kappa shape index (κ1) is 22.7. The first-order valence-electron chi connectivity index (χ1n) is 11.1. The van der Waals surface area contributed by atoms with Gasteiger partial charge in [0.25, 0.3) is 5.91 Å². The van der Waals surface area contributed by atoms with Crippen molar-refractivity contribution in [3.05, 3.63) is 35.4 Å². The largest absolute Gasteiger partial charge is 0.338 e. The zero-order valence-corrected chi connectivity index (χ0v) is 18.1. The van der Waals surface area contributed by atoms with Gasteiger partial charge in [0.1, 0.15) is 11.6 Å². The van der Waals surface area contributed by atoms with Crippen molar-refractivity contribution in [3.8, 4) is 0 Å². The maximum absolute atomic E-state index is 14.1. The van der Waals surface area contributed by atoms with Crippen LogP contribution in [0.3, 0.4) is 0 Å². The molecule has 0 N–H and O–H groups in total. The second kappa shape index (κ2) is 10.3. The molecule has 0 spiro atoms. The van der Waals surface area contributed by atoms with Gasteiger partial charge in [-0.15, -0.1) is 0 Å². The molecule has 166 valence electrons. The number of hydrogen-bond donors (Lipinski definition) is 0. The van der Waals surface area contributed by atoms with Crippen LogP contribution in [0.2, 0.25) is 0 Å². The van der Waals surface area contributed by atoms with Crippen molar-refractivity contribution in [2.75, 3.05) is 39.3 Å². The number of likely N-dealkylation sites (tertiary alicyclic amines) is 2. The monoisotopic (exact) mass is 421 g/mol. The van der Waals surface area contributed by atoms with Gasteiger partial charge in [0.2, 0.25) is 5.91 Å². The molecular weight excluding hydrogens is 388 g/mol. The summed E-state index contributed by atoms with van der Waals surface area (Å²) in [6, 6.07) is 2.97. The van der Waals surface area contributed by atoms with E-state index in [1.807, 2.05) is 18.7 Å². The molecule has 30 heavy (non-hydrogen) atoms. The van der Waals surface area contributed by atoms with Crippen LogP contribution in [0.15, 0.2) is 18.2 Å². The van der Waals surface area contributed by atoms with Crippen LogP contribution in [0.25, 0.3) is 0 Å². The lowest BCUT2D eigenvalue weighted by atomic mass is 10.0. The molecule has 2 heterocycles. The molecule has 2 amide bonds. The van der Waals surface area contributed by atoms with E-state index in [4.69, 9.17) is 0 Å². The van der Waals surface area contributed by atoms with Crippen molar-refractivity contribution in [1.82, 2.24) is 14.7 Å². The molecule has 0 radical (unpaired) electrons. The molecule has 1 aromatic carbocycles. The zero-order chi connectivity index (χ0) is 21.7. The van der Waals surface area contributed by atoms with Crippen LogP contribution in [0, 0.1) is 17.6 Å². The molecule has 2 saturated heterocycles. The molecule has 1 unspecified atom stereocenters. The van der Waals surface area contributed by atoms with Gasteiger partial charge < -0.3 is 14.7 Å². The molecule has 2 aliphatic heterocycles. The fourth-order valence-corrected chi connectivity index (χ4v) is 4.50. The number of nitrogens with zero attached hydrogens (tertiary/aromatic N) is 3. The predicted molar refractivity (Wildman–Crippen MR) is 112 cm³/mol. The Morgan fingerprint density at radius 3 is 2.53 bits per heavy atom. The second-order valence-corrected chi connectivity index (χ2v) is 8.76. The highest BCUT2D eigenvalue weighted by Gasteiger charge is 2.32. The van der Waals surface area contributed by atoms with Crippen molar-refractivity contribution in [2.45, 2.75) is 52.0 Å². The number of amides is 2. The minimum absolute atomic E-state index is 0.0697. The fraction of sp³-hybridized carbons (Fsp3) is 0.652. The van der Waals surface area contributed by atoms with Gasteiger partial charge in [-0.25, -0.2) is 8.78 Å². The van der Waals surface area contributed by atoms with Crippen molar-refractivity contribution >= 4 is 11.8 Å². The maximum atomic E-state index is 14.1. The average Bonchev–Trinajstić information content (AvgIpc) is 3.24. The molecule has 0 bridgehead atoms. The minimum Gasteiger partial charge on any atom is -0.338 e. The molecule has 2 aliphatic rings. The van der Waals surface area contributed by atoms with Crippen molar-refractivity contribution in [3.63, 3.8) is 0 Å². The third kappa shape index (κ3) is 5.56. The summed E-state index contributed by atoms with van der Waals surface area (Å²) in [6.07, 6.45) is 4.99. The van der Waals surface area contributed by atoms with Crippen LogP contribution in [0.5, 0.6) is 0 Å². The molecule has 5 nitrogen and oxygen atoms in total. The summed E-state index contributed by atoms with van der Waals surface area (Å²) in [6.45, 7) is 8.62. The number of rotatable bonds is 7.